The molecule has 0 N–H and O–H groups in total. The first-order valence-electron chi connectivity index (χ1n) is 12.6. The molecule has 0 aliphatic heterocycles. The van der Waals surface area contributed by atoms with Crippen LogP contribution in [0.15, 0.2) is 0 Å². The van der Waals surface area contributed by atoms with Crippen LogP contribution in [-0.2, 0) is 14.3 Å². The van der Waals surface area contributed by atoms with E-state index in [2.05, 4.69) is 11.7 Å². The second-order valence-corrected chi connectivity index (χ2v) is 8.75. The van der Waals surface area contributed by atoms with Crippen LogP contribution in [0.5, 0.6) is 5.75 Å². The maximum Gasteiger partial charge on any atom is 0.329 e. The van der Waals surface area contributed by atoms with Crippen molar-refractivity contribution >= 4 is 11.9 Å². The molecule has 0 aliphatic rings. The summed E-state index contributed by atoms with van der Waals surface area (Å²) >= 11 is 0. The van der Waals surface area contributed by atoms with E-state index >= 15 is 0 Å². The van der Waals surface area contributed by atoms with E-state index < -0.39 is 52.2 Å². The summed E-state index contributed by atoms with van der Waals surface area (Å²) in [4.78, 5) is 25.4. The van der Waals surface area contributed by atoms with Gasteiger partial charge in [-0.05, 0) is 19.3 Å². The van der Waals surface area contributed by atoms with Crippen molar-refractivity contribution in [3.8, 4) is 5.75 Å². The van der Waals surface area contributed by atoms with Crippen LogP contribution >= 0.6 is 0 Å². The summed E-state index contributed by atoms with van der Waals surface area (Å²) in [6, 6.07) is 0. The fourth-order valence-electron chi connectivity index (χ4n) is 3.84. The molecule has 1 aromatic carbocycles. The average molecular weight is 509 g/mol. The minimum atomic E-state index is -2.37. The third-order valence-corrected chi connectivity index (χ3v) is 6.33. The molecule has 0 atom stereocenters. The molecule has 0 amide bonds. The van der Waals surface area contributed by atoms with Crippen LogP contribution in [0.3, 0.4) is 0 Å². The van der Waals surface area contributed by atoms with Gasteiger partial charge in [0.15, 0.2) is 5.41 Å². The van der Waals surface area contributed by atoms with E-state index in [1.165, 1.54) is 52.4 Å². The lowest BCUT2D eigenvalue weighted by atomic mass is 9.82. The van der Waals surface area contributed by atoms with Crippen LogP contribution in [0.25, 0.3) is 0 Å². The number of unbranched alkanes of at least 4 members (excludes halogenated alkanes) is 10. The molecule has 0 spiro atoms. The molecular formula is C26H37F5O4. The number of benzene rings is 1. The summed E-state index contributed by atoms with van der Waals surface area (Å²) in [5, 5.41) is 0. The second-order valence-electron chi connectivity index (χ2n) is 8.75. The van der Waals surface area contributed by atoms with Crippen molar-refractivity contribution in [3.05, 3.63) is 29.1 Å². The number of carbonyl (C=O) groups excluding carboxylic acids is 2. The molecule has 0 heterocycles. The Morgan fingerprint density at radius 3 is 1.43 bits per heavy atom. The number of halogens is 5. The van der Waals surface area contributed by atoms with E-state index in [1.807, 2.05) is 0 Å². The predicted molar refractivity (Wildman–Crippen MR) is 122 cm³/mol. The number of hydrogen-bond acceptors (Lipinski definition) is 4. The molecule has 0 unspecified atom stereocenters. The van der Waals surface area contributed by atoms with E-state index in [9.17, 15) is 31.5 Å². The molecule has 9 heteroatoms. The van der Waals surface area contributed by atoms with Gasteiger partial charge in [0.05, 0.1) is 6.61 Å². The number of ether oxygens (including phenoxy) is 2. The van der Waals surface area contributed by atoms with Gasteiger partial charge in [-0.3, -0.25) is 9.59 Å². The van der Waals surface area contributed by atoms with Gasteiger partial charge in [-0.1, -0.05) is 85.0 Å². The Balaban J connectivity index is 2.57. The van der Waals surface area contributed by atoms with Gasteiger partial charge in [0.2, 0.25) is 34.8 Å². The summed E-state index contributed by atoms with van der Waals surface area (Å²) in [5.41, 5.74) is -1.93. The molecule has 35 heavy (non-hydrogen) atoms. The molecule has 1 rings (SSSR count). The highest BCUT2D eigenvalue weighted by atomic mass is 19.2. The van der Waals surface area contributed by atoms with Crippen LogP contribution in [0, 0.1) is 34.5 Å². The minimum absolute atomic E-state index is 0.0490. The third-order valence-electron chi connectivity index (χ3n) is 6.33. The number of rotatable bonds is 17. The van der Waals surface area contributed by atoms with Gasteiger partial charge < -0.3 is 9.47 Å². The molecule has 0 saturated carbocycles. The SMILES string of the molecule is CCCCCCCCCCCCCOC(=O)C(CC)(CC)C(=O)Oc1c(F)c(F)c(F)c(F)c1F. The van der Waals surface area contributed by atoms with E-state index in [1.54, 1.807) is 0 Å². The van der Waals surface area contributed by atoms with E-state index in [0.717, 1.165) is 25.7 Å². The van der Waals surface area contributed by atoms with Gasteiger partial charge in [-0.15, -0.1) is 0 Å². The molecule has 0 aliphatic carbocycles. The van der Waals surface area contributed by atoms with Crippen molar-refractivity contribution in [3.63, 3.8) is 0 Å². The predicted octanol–water partition coefficient (Wildman–Crippen LogP) is 7.95. The van der Waals surface area contributed by atoms with Crippen LogP contribution in [0.2, 0.25) is 0 Å². The zero-order valence-electron chi connectivity index (χ0n) is 20.9. The topological polar surface area (TPSA) is 52.6 Å². The zero-order chi connectivity index (χ0) is 26.4. The normalized spacial score (nSPS) is 11.5. The largest absolute Gasteiger partial charge is 0.465 e. The third kappa shape index (κ3) is 8.46. The summed E-state index contributed by atoms with van der Waals surface area (Å²) in [7, 11) is 0. The van der Waals surface area contributed by atoms with Gasteiger partial charge in [0, 0.05) is 0 Å². The van der Waals surface area contributed by atoms with Crippen LogP contribution in [0.1, 0.15) is 104 Å². The monoisotopic (exact) mass is 508 g/mol. The average Bonchev–Trinajstić information content (AvgIpc) is 2.86. The quantitative estimate of drug-likeness (QED) is 0.0408. The Bertz CT molecular complexity index is 795. The first-order chi connectivity index (χ1) is 16.7. The fraction of sp³-hybridized carbons (Fsp3) is 0.692. The van der Waals surface area contributed by atoms with Crippen molar-refractivity contribution in [1.82, 2.24) is 0 Å². The lowest BCUT2D eigenvalue weighted by molar-refractivity contribution is -0.168. The number of esters is 2. The summed E-state index contributed by atoms with van der Waals surface area (Å²) in [6.45, 7) is 5.17. The molecule has 4 nitrogen and oxygen atoms in total. The van der Waals surface area contributed by atoms with Crippen molar-refractivity contribution in [2.75, 3.05) is 6.61 Å². The standard InChI is InChI=1S/C26H37F5O4/c1-4-7-8-9-10-11-12-13-14-15-16-17-34-24(32)26(5-2,6-3)25(33)35-23-21(30)19(28)18(27)20(29)22(23)31/h4-17H2,1-3H3. The van der Waals surface area contributed by atoms with Crippen molar-refractivity contribution in [2.45, 2.75) is 104 Å². The van der Waals surface area contributed by atoms with Crippen LogP contribution < -0.4 is 4.74 Å². The minimum Gasteiger partial charge on any atom is -0.465 e. The van der Waals surface area contributed by atoms with Crippen molar-refractivity contribution < 1.29 is 41.0 Å². The summed E-state index contributed by atoms with van der Waals surface area (Å²) in [5.74, 6) is -15.6. The van der Waals surface area contributed by atoms with E-state index in [0.29, 0.717) is 6.42 Å². The van der Waals surface area contributed by atoms with Crippen LogP contribution in [0.4, 0.5) is 22.0 Å². The Hall–Kier alpha value is -2.19. The first-order valence-corrected chi connectivity index (χ1v) is 12.6. The highest BCUT2D eigenvalue weighted by molar-refractivity contribution is 6.00. The molecule has 0 radical (unpaired) electrons. The lowest BCUT2D eigenvalue weighted by Gasteiger charge is -2.27. The molecule has 0 saturated heterocycles. The maximum absolute atomic E-state index is 13.9. The summed E-state index contributed by atoms with van der Waals surface area (Å²) in [6.07, 6.45) is 11.9. The number of carbonyl (C=O) groups is 2. The van der Waals surface area contributed by atoms with Crippen molar-refractivity contribution in [2.24, 2.45) is 5.41 Å². The fourth-order valence-corrected chi connectivity index (χ4v) is 3.84. The number of hydrogen-bond donors (Lipinski definition) is 0. The Morgan fingerprint density at radius 2 is 1.00 bits per heavy atom. The van der Waals surface area contributed by atoms with Gasteiger partial charge in [-0.2, -0.15) is 8.78 Å². The second kappa shape index (κ2) is 15.7. The molecule has 0 bridgehead atoms. The van der Waals surface area contributed by atoms with E-state index in [-0.39, 0.29) is 19.4 Å². The molecule has 0 aromatic heterocycles. The highest BCUT2D eigenvalue weighted by Gasteiger charge is 2.47. The Morgan fingerprint density at radius 1 is 0.600 bits per heavy atom. The molecule has 1 aromatic rings. The Labute approximate surface area is 204 Å². The van der Waals surface area contributed by atoms with Crippen LogP contribution in [-0.4, -0.2) is 18.5 Å². The molecule has 0 fully saturated rings. The van der Waals surface area contributed by atoms with Gasteiger partial charge >= 0.3 is 11.9 Å². The highest BCUT2D eigenvalue weighted by Crippen LogP contribution is 2.34. The first kappa shape index (κ1) is 30.8. The maximum atomic E-state index is 13.9. The van der Waals surface area contributed by atoms with Gasteiger partial charge in [0.1, 0.15) is 0 Å². The van der Waals surface area contributed by atoms with Crippen molar-refractivity contribution in [1.29, 1.82) is 0 Å². The molecule has 200 valence electrons. The zero-order valence-corrected chi connectivity index (χ0v) is 20.9. The van der Waals surface area contributed by atoms with E-state index in [4.69, 9.17) is 4.74 Å². The smallest absolute Gasteiger partial charge is 0.329 e. The lowest BCUT2D eigenvalue weighted by Crippen LogP contribution is -2.43. The molecular weight excluding hydrogens is 471 g/mol. The Kier molecular flexibility index (Phi) is 13.9. The summed E-state index contributed by atoms with van der Waals surface area (Å²) < 4.78 is 77.7. The van der Waals surface area contributed by atoms with Gasteiger partial charge in [0.25, 0.3) is 0 Å². The van der Waals surface area contributed by atoms with Gasteiger partial charge in [-0.25, -0.2) is 13.2 Å².